The summed E-state index contributed by atoms with van der Waals surface area (Å²) in [5, 5.41) is 0.785. The predicted octanol–water partition coefficient (Wildman–Crippen LogP) is 3.40. The molecule has 0 saturated heterocycles. The average Bonchev–Trinajstić information content (AvgIpc) is 3.01. The Kier molecular flexibility index (Phi) is 2.83. The summed E-state index contributed by atoms with van der Waals surface area (Å²) in [5.74, 6) is -1.75. The molecule has 0 amide bonds. The Hall–Kier alpha value is -2.15. The van der Waals surface area contributed by atoms with Gasteiger partial charge >= 0.3 is 0 Å². The van der Waals surface area contributed by atoms with Gasteiger partial charge in [-0.1, -0.05) is 0 Å². The number of imidazole rings is 1. The summed E-state index contributed by atoms with van der Waals surface area (Å²) < 4.78 is 31.7. The molecule has 0 aliphatic rings. The number of aromatic amines is 1. The molecule has 0 atom stereocenters. The first-order chi connectivity index (χ1) is 9.17. The van der Waals surface area contributed by atoms with Crippen molar-refractivity contribution >= 4 is 29.1 Å². The van der Waals surface area contributed by atoms with Crippen molar-refractivity contribution in [2.24, 2.45) is 0 Å². The van der Waals surface area contributed by atoms with Crippen molar-refractivity contribution in [3.05, 3.63) is 41.7 Å². The summed E-state index contributed by atoms with van der Waals surface area (Å²) in [6, 6.07) is 5.54. The number of furan rings is 1. The first-order valence-electron chi connectivity index (χ1n) is 5.24. The van der Waals surface area contributed by atoms with Crippen molar-refractivity contribution in [3.8, 4) is 0 Å². The lowest BCUT2D eigenvalue weighted by molar-refractivity contribution is 0.109. The summed E-state index contributed by atoms with van der Waals surface area (Å²) in [4.78, 5) is 17.3. The van der Waals surface area contributed by atoms with E-state index >= 15 is 0 Å². The fourth-order valence-electron chi connectivity index (χ4n) is 1.59. The smallest absolute Gasteiger partial charge is 0.186 e. The van der Waals surface area contributed by atoms with E-state index in [0.29, 0.717) is 22.1 Å². The van der Waals surface area contributed by atoms with E-state index in [1.807, 2.05) is 0 Å². The number of H-pyrrole nitrogens is 1. The number of aldehydes is 1. The molecule has 0 unspecified atom stereocenters. The van der Waals surface area contributed by atoms with Crippen molar-refractivity contribution in [1.29, 1.82) is 0 Å². The number of halogens is 2. The van der Waals surface area contributed by atoms with Crippen molar-refractivity contribution in [1.82, 2.24) is 9.97 Å². The molecule has 0 spiro atoms. The molecule has 0 aliphatic heterocycles. The van der Waals surface area contributed by atoms with Crippen molar-refractivity contribution < 1.29 is 18.0 Å². The molecule has 0 fully saturated rings. The van der Waals surface area contributed by atoms with Crippen LogP contribution in [0.4, 0.5) is 8.78 Å². The largest absolute Gasteiger partial charge is 0.447 e. The second-order valence-electron chi connectivity index (χ2n) is 3.68. The highest BCUT2D eigenvalue weighted by Gasteiger charge is 2.13. The van der Waals surface area contributed by atoms with Gasteiger partial charge in [-0.05, 0) is 36.0 Å². The van der Waals surface area contributed by atoms with E-state index in [1.165, 1.54) is 12.1 Å². The topological polar surface area (TPSA) is 58.9 Å². The molecule has 2 heterocycles. The number of fused-ring (bicyclic) bond motifs is 1. The third-order valence-electron chi connectivity index (χ3n) is 2.44. The maximum atomic E-state index is 13.5. The number of hydrogen-bond acceptors (Lipinski definition) is 4. The van der Waals surface area contributed by atoms with E-state index in [9.17, 15) is 13.6 Å². The molecule has 4 nitrogen and oxygen atoms in total. The molecule has 3 rings (SSSR count). The summed E-state index contributed by atoms with van der Waals surface area (Å²) >= 11 is 1.08. The molecular weight excluding hydrogens is 274 g/mol. The standard InChI is InChI=1S/C12H6F2N2O2S/c13-7-2-3-8-11(10(7)14)16-12(15-8)19-9-4-1-6(5-17)18-9/h1-5H,(H,15,16). The second-order valence-corrected chi connectivity index (χ2v) is 4.67. The summed E-state index contributed by atoms with van der Waals surface area (Å²) in [6.07, 6.45) is 0.581. The van der Waals surface area contributed by atoms with Gasteiger partial charge in [-0.3, -0.25) is 4.79 Å². The van der Waals surface area contributed by atoms with Crippen LogP contribution in [-0.4, -0.2) is 16.3 Å². The maximum Gasteiger partial charge on any atom is 0.186 e. The van der Waals surface area contributed by atoms with Crippen LogP contribution in [0, 0.1) is 11.6 Å². The fraction of sp³-hybridized carbons (Fsp3) is 0. The molecule has 0 bridgehead atoms. The van der Waals surface area contributed by atoms with Gasteiger partial charge < -0.3 is 9.40 Å². The van der Waals surface area contributed by atoms with E-state index in [4.69, 9.17) is 4.42 Å². The molecule has 3 aromatic rings. The molecule has 7 heteroatoms. The Morgan fingerprint density at radius 2 is 2.11 bits per heavy atom. The van der Waals surface area contributed by atoms with Crippen LogP contribution in [0.3, 0.4) is 0 Å². The van der Waals surface area contributed by atoms with E-state index in [2.05, 4.69) is 9.97 Å². The van der Waals surface area contributed by atoms with Crippen molar-refractivity contribution in [3.63, 3.8) is 0 Å². The highest BCUT2D eigenvalue weighted by molar-refractivity contribution is 7.99. The Bertz CT molecular complexity index is 766. The van der Waals surface area contributed by atoms with Gasteiger partial charge in [0.15, 0.2) is 33.9 Å². The zero-order chi connectivity index (χ0) is 13.4. The molecular formula is C12H6F2N2O2S. The first kappa shape index (κ1) is 11.9. The van der Waals surface area contributed by atoms with Gasteiger partial charge in [0.1, 0.15) is 5.52 Å². The highest BCUT2D eigenvalue weighted by atomic mass is 32.2. The third kappa shape index (κ3) is 2.12. The molecule has 1 aromatic carbocycles. The average molecular weight is 280 g/mol. The van der Waals surface area contributed by atoms with E-state index in [0.717, 1.165) is 17.8 Å². The number of hydrogen-bond donors (Lipinski definition) is 1. The van der Waals surface area contributed by atoms with Crippen molar-refractivity contribution in [2.45, 2.75) is 10.2 Å². The van der Waals surface area contributed by atoms with E-state index in [1.54, 1.807) is 6.07 Å². The second kappa shape index (κ2) is 4.51. The monoisotopic (exact) mass is 280 g/mol. The SMILES string of the molecule is O=Cc1ccc(Sc2nc3c(F)c(F)ccc3[nH]2)o1. The quantitative estimate of drug-likeness (QED) is 0.747. The molecule has 2 aromatic heterocycles. The summed E-state index contributed by atoms with van der Waals surface area (Å²) in [7, 11) is 0. The minimum absolute atomic E-state index is 0.0651. The first-order valence-corrected chi connectivity index (χ1v) is 6.05. The minimum atomic E-state index is -0.992. The van der Waals surface area contributed by atoms with Gasteiger partial charge in [0.2, 0.25) is 0 Å². The van der Waals surface area contributed by atoms with Crippen LogP contribution in [0.25, 0.3) is 11.0 Å². The Balaban J connectivity index is 1.97. The summed E-state index contributed by atoms with van der Waals surface area (Å²) in [5.41, 5.74) is 0.327. The number of carbonyl (C=O) groups is 1. The minimum Gasteiger partial charge on any atom is -0.447 e. The Labute approximate surface area is 109 Å². The van der Waals surface area contributed by atoms with Crippen LogP contribution < -0.4 is 0 Å². The van der Waals surface area contributed by atoms with Gasteiger partial charge in [-0.25, -0.2) is 13.8 Å². The van der Waals surface area contributed by atoms with Gasteiger partial charge in [0.25, 0.3) is 0 Å². The van der Waals surface area contributed by atoms with Crippen LogP contribution in [0.15, 0.2) is 38.9 Å². The van der Waals surface area contributed by atoms with Crippen molar-refractivity contribution in [2.75, 3.05) is 0 Å². The molecule has 0 aliphatic carbocycles. The predicted molar refractivity (Wildman–Crippen MR) is 64.2 cm³/mol. The van der Waals surface area contributed by atoms with Gasteiger partial charge in [0.05, 0.1) is 5.52 Å². The van der Waals surface area contributed by atoms with Gasteiger partial charge in [-0.15, -0.1) is 0 Å². The number of nitrogens with zero attached hydrogens (tertiary/aromatic N) is 1. The van der Waals surface area contributed by atoms with Gasteiger partial charge in [0, 0.05) is 0 Å². The van der Waals surface area contributed by atoms with Crippen LogP contribution in [-0.2, 0) is 0 Å². The normalized spacial score (nSPS) is 11.1. The number of aromatic nitrogens is 2. The summed E-state index contributed by atoms with van der Waals surface area (Å²) in [6.45, 7) is 0. The lowest BCUT2D eigenvalue weighted by Crippen LogP contribution is -1.84. The van der Waals surface area contributed by atoms with Crippen LogP contribution >= 0.6 is 11.8 Å². The number of benzene rings is 1. The molecule has 19 heavy (non-hydrogen) atoms. The molecule has 96 valence electrons. The van der Waals surface area contributed by atoms with E-state index in [-0.39, 0.29) is 11.3 Å². The highest BCUT2D eigenvalue weighted by Crippen LogP contribution is 2.29. The molecule has 1 N–H and O–H groups in total. The van der Waals surface area contributed by atoms with Crippen LogP contribution in [0.1, 0.15) is 10.6 Å². The maximum absolute atomic E-state index is 13.5. The Morgan fingerprint density at radius 1 is 1.26 bits per heavy atom. The third-order valence-corrected chi connectivity index (χ3v) is 3.25. The Morgan fingerprint density at radius 3 is 2.84 bits per heavy atom. The number of carbonyl (C=O) groups excluding carboxylic acids is 1. The number of rotatable bonds is 3. The zero-order valence-electron chi connectivity index (χ0n) is 9.31. The van der Waals surface area contributed by atoms with E-state index < -0.39 is 11.6 Å². The molecule has 0 saturated carbocycles. The molecule has 0 radical (unpaired) electrons. The lowest BCUT2D eigenvalue weighted by atomic mass is 10.3. The number of nitrogens with one attached hydrogen (secondary N) is 1. The lowest BCUT2D eigenvalue weighted by Gasteiger charge is -1.91. The van der Waals surface area contributed by atoms with Crippen LogP contribution in [0.5, 0.6) is 0 Å². The zero-order valence-corrected chi connectivity index (χ0v) is 10.1. The van der Waals surface area contributed by atoms with Gasteiger partial charge in [-0.2, -0.15) is 0 Å². The fourth-order valence-corrected chi connectivity index (χ4v) is 2.35. The van der Waals surface area contributed by atoms with Crippen LogP contribution in [0.2, 0.25) is 0 Å².